The zero-order chi connectivity index (χ0) is 22.1. The number of hydrogen-bond donors (Lipinski definition) is 2. The standard InChI is InChI=1S/C23H27N7OS/c1-3-16-13-25-20(26-14-16)17-5-10-30(11-6-17)22-27-18-7-12-32(31)19(18)21(28-22)29-23(15-24-2)8-4-9-23/h1,5,13-14,24H,4,6-12,15H2,2H3,(H,27,28,29)/t32-/m1/s1. The summed E-state index contributed by atoms with van der Waals surface area (Å²) in [5, 5.41) is 6.96. The summed E-state index contributed by atoms with van der Waals surface area (Å²) in [6, 6.07) is 0. The maximum atomic E-state index is 12.7. The van der Waals surface area contributed by atoms with Crippen molar-refractivity contribution in [3.63, 3.8) is 0 Å². The number of anilines is 2. The smallest absolute Gasteiger partial charge is 0.227 e. The van der Waals surface area contributed by atoms with Gasteiger partial charge in [-0.3, -0.25) is 4.21 Å². The molecule has 0 aromatic carbocycles. The third-order valence-electron chi connectivity index (χ3n) is 6.48. The van der Waals surface area contributed by atoms with Crippen molar-refractivity contribution in [3.8, 4) is 12.3 Å². The molecule has 1 atom stereocenters. The molecule has 0 unspecified atom stereocenters. The minimum absolute atomic E-state index is 0.0161. The van der Waals surface area contributed by atoms with Crippen molar-refractivity contribution < 1.29 is 4.21 Å². The molecule has 1 saturated carbocycles. The fourth-order valence-electron chi connectivity index (χ4n) is 4.57. The summed E-state index contributed by atoms with van der Waals surface area (Å²) in [4.78, 5) is 21.4. The van der Waals surface area contributed by atoms with Crippen LogP contribution in [0.15, 0.2) is 23.4 Å². The Bertz CT molecular complexity index is 1120. The van der Waals surface area contributed by atoms with Crippen LogP contribution in [0.3, 0.4) is 0 Å². The molecule has 9 heteroatoms. The zero-order valence-electron chi connectivity index (χ0n) is 18.2. The molecule has 0 radical (unpaired) electrons. The highest BCUT2D eigenvalue weighted by atomic mass is 32.2. The SMILES string of the molecule is C#Cc1cnc(C2=CCN(c3nc4c(c(NC5(CNC)CCC5)n3)[S@](=O)CC4)CC2)nc1. The highest BCUT2D eigenvalue weighted by Gasteiger charge is 2.39. The number of likely N-dealkylation sites (N-methyl/N-ethyl adjacent to an activating group) is 1. The number of aromatic nitrogens is 4. The van der Waals surface area contributed by atoms with E-state index < -0.39 is 10.8 Å². The lowest BCUT2D eigenvalue weighted by molar-refractivity contribution is 0.271. The van der Waals surface area contributed by atoms with Gasteiger partial charge in [0.25, 0.3) is 0 Å². The van der Waals surface area contributed by atoms with Crippen LogP contribution in [0.5, 0.6) is 0 Å². The lowest BCUT2D eigenvalue weighted by Crippen LogP contribution is -2.52. The molecule has 0 amide bonds. The lowest BCUT2D eigenvalue weighted by Gasteiger charge is -2.43. The second kappa shape index (κ2) is 8.60. The van der Waals surface area contributed by atoms with Crippen molar-refractivity contribution in [2.24, 2.45) is 0 Å². The van der Waals surface area contributed by atoms with E-state index >= 15 is 0 Å². The predicted octanol–water partition coefficient (Wildman–Crippen LogP) is 1.76. The Morgan fingerprint density at radius 1 is 1.25 bits per heavy atom. The minimum atomic E-state index is -1.04. The molecule has 166 valence electrons. The highest BCUT2D eigenvalue weighted by Crippen LogP contribution is 2.38. The molecule has 0 bridgehead atoms. The summed E-state index contributed by atoms with van der Waals surface area (Å²) in [5.74, 6) is 5.33. The van der Waals surface area contributed by atoms with Crippen LogP contribution in [0.2, 0.25) is 0 Å². The average Bonchev–Trinajstić information content (AvgIpc) is 3.19. The van der Waals surface area contributed by atoms with Crippen LogP contribution >= 0.6 is 0 Å². The van der Waals surface area contributed by atoms with Gasteiger partial charge in [0.15, 0.2) is 5.82 Å². The van der Waals surface area contributed by atoms with E-state index in [1.54, 1.807) is 12.4 Å². The van der Waals surface area contributed by atoms with E-state index in [0.717, 1.165) is 66.6 Å². The highest BCUT2D eigenvalue weighted by molar-refractivity contribution is 7.85. The summed E-state index contributed by atoms with van der Waals surface area (Å²) in [7, 11) is 0.928. The molecule has 8 nitrogen and oxygen atoms in total. The van der Waals surface area contributed by atoms with Gasteiger partial charge in [-0.1, -0.05) is 12.0 Å². The molecule has 1 fully saturated rings. The number of aryl methyl sites for hydroxylation is 1. The second-order valence-corrected chi connectivity index (χ2v) is 10.1. The van der Waals surface area contributed by atoms with Crippen LogP contribution in [0, 0.1) is 12.3 Å². The third kappa shape index (κ3) is 3.89. The van der Waals surface area contributed by atoms with Gasteiger partial charge >= 0.3 is 0 Å². The van der Waals surface area contributed by atoms with Crippen molar-refractivity contribution in [2.45, 2.75) is 42.5 Å². The number of hydrogen-bond acceptors (Lipinski definition) is 8. The van der Waals surface area contributed by atoms with Crippen molar-refractivity contribution in [1.29, 1.82) is 0 Å². The van der Waals surface area contributed by atoms with Gasteiger partial charge in [-0.15, -0.1) is 6.42 Å². The first-order valence-electron chi connectivity index (χ1n) is 11.1. The van der Waals surface area contributed by atoms with Crippen molar-refractivity contribution >= 4 is 28.1 Å². The number of nitrogens with zero attached hydrogens (tertiary/aromatic N) is 5. The average molecular weight is 450 g/mol. The normalized spacial score (nSPS) is 21.3. The molecular weight excluding hydrogens is 422 g/mol. The summed E-state index contributed by atoms with van der Waals surface area (Å²) in [5.41, 5.74) is 2.68. The van der Waals surface area contributed by atoms with Gasteiger partial charge in [0, 0.05) is 44.2 Å². The van der Waals surface area contributed by atoms with Crippen LogP contribution in [-0.4, -0.2) is 62.1 Å². The first-order chi connectivity index (χ1) is 15.6. The van der Waals surface area contributed by atoms with E-state index in [4.69, 9.17) is 16.4 Å². The molecule has 1 aliphatic carbocycles. The summed E-state index contributed by atoms with van der Waals surface area (Å²) in [6.45, 7) is 2.32. The fraction of sp³-hybridized carbons (Fsp3) is 0.478. The van der Waals surface area contributed by atoms with E-state index in [0.29, 0.717) is 23.8 Å². The first-order valence-corrected chi connectivity index (χ1v) is 12.4. The van der Waals surface area contributed by atoms with Crippen molar-refractivity contribution in [3.05, 3.63) is 35.6 Å². The monoisotopic (exact) mass is 449 g/mol. The van der Waals surface area contributed by atoms with E-state index in [1.807, 2.05) is 7.05 Å². The summed E-state index contributed by atoms with van der Waals surface area (Å²) >= 11 is 0. The molecule has 0 spiro atoms. The predicted molar refractivity (Wildman–Crippen MR) is 126 cm³/mol. The Hall–Kier alpha value is -2.83. The maximum absolute atomic E-state index is 12.7. The lowest BCUT2D eigenvalue weighted by atomic mass is 9.76. The van der Waals surface area contributed by atoms with Crippen LogP contribution in [0.25, 0.3) is 5.57 Å². The quantitative estimate of drug-likeness (QED) is 0.644. The molecule has 4 heterocycles. The Labute approximate surface area is 190 Å². The van der Waals surface area contributed by atoms with E-state index in [1.165, 1.54) is 6.42 Å². The van der Waals surface area contributed by atoms with E-state index in [2.05, 4.69) is 37.5 Å². The summed E-state index contributed by atoms with van der Waals surface area (Å²) in [6.07, 6.45) is 15.8. The Morgan fingerprint density at radius 3 is 2.69 bits per heavy atom. The third-order valence-corrected chi connectivity index (χ3v) is 7.94. The van der Waals surface area contributed by atoms with Crippen molar-refractivity contribution in [2.75, 3.05) is 42.7 Å². The van der Waals surface area contributed by atoms with Gasteiger partial charge in [-0.2, -0.15) is 4.98 Å². The molecule has 2 aliphatic heterocycles. The van der Waals surface area contributed by atoms with Gasteiger partial charge in [0.2, 0.25) is 5.95 Å². The molecule has 5 rings (SSSR count). The van der Waals surface area contributed by atoms with Crippen molar-refractivity contribution in [1.82, 2.24) is 25.3 Å². The van der Waals surface area contributed by atoms with Gasteiger partial charge in [0.05, 0.1) is 27.6 Å². The second-order valence-electron chi connectivity index (χ2n) is 8.60. The largest absolute Gasteiger partial charge is 0.362 e. The maximum Gasteiger partial charge on any atom is 0.227 e. The van der Waals surface area contributed by atoms with Gasteiger partial charge in [-0.25, -0.2) is 15.0 Å². The molecule has 2 N–H and O–H groups in total. The van der Waals surface area contributed by atoms with Gasteiger partial charge in [0.1, 0.15) is 10.7 Å². The summed E-state index contributed by atoms with van der Waals surface area (Å²) < 4.78 is 12.7. The fourth-order valence-corrected chi connectivity index (χ4v) is 5.88. The number of terminal acetylenes is 1. The number of fused-ring (bicyclic) bond motifs is 1. The van der Waals surface area contributed by atoms with Crippen LogP contribution in [0.4, 0.5) is 11.8 Å². The van der Waals surface area contributed by atoms with E-state index in [9.17, 15) is 4.21 Å². The number of nitrogens with one attached hydrogen (secondary N) is 2. The Morgan fingerprint density at radius 2 is 2.06 bits per heavy atom. The van der Waals surface area contributed by atoms with E-state index in [-0.39, 0.29) is 5.54 Å². The molecule has 3 aliphatic rings. The first kappa shape index (κ1) is 21.0. The van der Waals surface area contributed by atoms with Gasteiger partial charge in [-0.05, 0) is 38.3 Å². The molecule has 0 saturated heterocycles. The molecule has 32 heavy (non-hydrogen) atoms. The van der Waals surface area contributed by atoms with Crippen LogP contribution in [-0.2, 0) is 17.2 Å². The molecular formula is C23H27N7OS. The van der Waals surface area contributed by atoms with Crippen LogP contribution < -0.4 is 15.5 Å². The Balaban J connectivity index is 1.40. The molecule has 2 aromatic rings. The topological polar surface area (TPSA) is 95.9 Å². The number of rotatable bonds is 6. The Kier molecular flexibility index (Phi) is 5.66. The minimum Gasteiger partial charge on any atom is -0.362 e. The van der Waals surface area contributed by atoms with Crippen LogP contribution in [0.1, 0.15) is 42.8 Å². The molecule has 2 aromatic heterocycles. The van der Waals surface area contributed by atoms with Gasteiger partial charge < -0.3 is 15.5 Å². The zero-order valence-corrected chi connectivity index (χ0v) is 19.0.